The molecular weight excluding hydrogens is 1510 g/mol. The Morgan fingerprint density at radius 2 is 0.738 bits per heavy atom. The molecule has 0 saturated carbocycles. The fourth-order valence-corrected chi connectivity index (χ4v) is 11.7. The maximum atomic E-state index is 17.8. The average molecular weight is 1550 g/mol. The number of ether oxygens (including phenoxy) is 1. The molecule has 103 heavy (non-hydrogen) atoms. The van der Waals surface area contributed by atoms with Crippen molar-refractivity contribution in [2.24, 2.45) is 0 Å². The van der Waals surface area contributed by atoms with Crippen molar-refractivity contribution in [3.8, 4) is 57.1 Å². The molecule has 2 aliphatic heterocycles. The SMILES string of the molecule is CCCCCCCNC(=O)c1ccc(Oc2ccc3c4nc5nc(nc6[n-]c(nc7nc(nc([n-]4)c3c2)-c2c(F)c(C(F)(C(F)(F)F)C(F)(F)F)c(C(C)(C)F)c(F)c2-7)c2c(F)c(C(C)(F)C(F)(F)F)c(C(C)(F)C(F)(F)F)c(F)c62)-c2c(F)c(C(C)(C)F)c(C(C)(F)C(F)(F)F)c(F)c2-5)cc1.[Zn+2]. The van der Waals surface area contributed by atoms with E-state index in [1.807, 2.05) is 6.92 Å². The third kappa shape index (κ3) is 12.8. The van der Waals surface area contributed by atoms with Gasteiger partial charge in [-0.15, -0.1) is 0 Å². The summed E-state index contributed by atoms with van der Waals surface area (Å²) in [6.07, 6.45) is -30.7. The number of amides is 1. The molecule has 10 rings (SSSR count). The standard InChI is InChI=1S/C64H45F27N9O2.Zn/c1-9-10-11-12-13-20-92-53(101)22-14-16-23(17-15-22)102-24-18-19-25-26(21-24)46-93-45(25)94-47-29-27(39(65)33(54(2,3)71)35(41(29)67)56(6,73)60(77,78)79)49(96-47)98-51-30-31(43(69)37(58(8,75)62(83,84)85)36(42(30)68)57(7,74)61(80,81)82)52(100-51)99-50-28-32(48(95-46)97-50)44(70)38(34(40(28)66)55(4,5)72)59(76,63(86,87)88)64(89,90)91;/h14-19,21H,9-13,20H2,1-8H3,(H2-,92,93,94,95,96,97,98,99,100,101);/q-1;+2/p-1. The van der Waals surface area contributed by atoms with Crippen LogP contribution in [0.5, 0.6) is 11.5 Å². The van der Waals surface area contributed by atoms with Crippen LogP contribution < -0.4 is 20.0 Å². The van der Waals surface area contributed by atoms with E-state index in [2.05, 4.69) is 45.2 Å². The molecule has 0 spiro atoms. The molecule has 3 unspecified atom stereocenters. The summed E-state index contributed by atoms with van der Waals surface area (Å²) in [6.45, 7) is 0.433. The number of nitrogens with zero attached hydrogens (tertiary/aromatic N) is 8. The monoisotopic (exact) mass is 1550 g/mol. The van der Waals surface area contributed by atoms with Gasteiger partial charge in [0.2, 0.25) is 17.0 Å². The fraction of sp³-hybridized carbons (Fsp3) is 0.391. The Morgan fingerprint density at radius 3 is 1.13 bits per heavy atom. The van der Waals surface area contributed by atoms with Crippen LogP contribution in [0.2, 0.25) is 0 Å². The molecule has 1 N–H and O–H groups in total. The number of hydrogen-bond donors (Lipinski definition) is 1. The van der Waals surface area contributed by atoms with Crippen LogP contribution in [0.4, 0.5) is 119 Å². The van der Waals surface area contributed by atoms with Gasteiger partial charge >= 0.3 is 56.0 Å². The second-order valence-electron chi connectivity index (χ2n) is 25.0. The molecule has 0 saturated heterocycles. The van der Waals surface area contributed by atoms with Crippen LogP contribution in [-0.2, 0) is 53.5 Å². The Labute approximate surface area is 573 Å². The number of alkyl halides is 21. The fourth-order valence-electron chi connectivity index (χ4n) is 11.7. The quantitative estimate of drug-likeness (QED) is 0.0598. The van der Waals surface area contributed by atoms with Gasteiger partial charge in [0, 0.05) is 73.3 Å². The van der Waals surface area contributed by atoms with Gasteiger partial charge in [-0.25, -0.2) is 62.7 Å². The van der Waals surface area contributed by atoms with Crippen molar-refractivity contribution in [1.29, 1.82) is 0 Å². The van der Waals surface area contributed by atoms with E-state index in [1.54, 1.807) is 0 Å². The van der Waals surface area contributed by atoms with E-state index in [0.717, 1.165) is 43.9 Å². The molecule has 0 aliphatic carbocycles. The van der Waals surface area contributed by atoms with E-state index in [4.69, 9.17) is 4.74 Å². The van der Waals surface area contributed by atoms with Crippen molar-refractivity contribution in [3.05, 3.63) is 116 Å². The van der Waals surface area contributed by atoms with E-state index < -0.39 is 255 Å². The van der Waals surface area contributed by atoms with Gasteiger partial charge in [0.15, 0.2) is 0 Å². The van der Waals surface area contributed by atoms with Gasteiger partial charge in [0.25, 0.3) is 5.91 Å². The second kappa shape index (κ2) is 25.7. The van der Waals surface area contributed by atoms with Crippen molar-refractivity contribution in [2.45, 2.75) is 152 Å². The molecule has 2 aliphatic rings. The minimum absolute atomic E-state index is 0. The molecule has 1 amide bonds. The van der Waals surface area contributed by atoms with Crippen molar-refractivity contribution >= 4 is 50.0 Å². The zero-order valence-electron chi connectivity index (χ0n) is 53.6. The second-order valence-corrected chi connectivity index (χ2v) is 25.0. The number of halogens is 27. The molecule has 8 bridgehead atoms. The van der Waals surface area contributed by atoms with E-state index in [1.165, 1.54) is 24.3 Å². The zero-order chi connectivity index (χ0) is 76.2. The van der Waals surface area contributed by atoms with Gasteiger partial charge in [0.05, 0.1) is 51.1 Å². The summed E-state index contributed by atoms with van der Waals surface area (Å²) in [7, 11) is 0. The number of hydrogen-bond acceptors (Lipinski definition) is 8. The molecule has 3 atom stereocenters. The largest absolute Gasteiger partial charge is 2.00 e. The Hall–Kier alpha value is -8.54. The van der Waals surface area contributed by atoms with Crippen LogP contribution in [0.15, 0.2) is 42.5 Å². The van der Waals surface area contributed by atoms with Gasteiger partial charge in [-0.05, 0) is 108 Å². The van der Waals surface area contributed by atoms with E-state index in [-0.39, 0.29) is 65.0 Å². The van der Waals surface area contributed by atoms with Gasteiger partial charge in [-0.1, -0.05) is 32.6 Å². The van der Waals surface area contributed by atoms with Gasteiger partial charge < -0.3 is 40.0 Å². The summed E-state index contributed by atoms with van der Waals surface area (Å²) < 4.78 is 435. The van der Waals surface area contributed by atoms with Crippen LogP contribution in [-0.4, -0.2) is 73.2 Å². The minimum atomic E-state index is -7.50. The summed E-state index contributed by atoms with van der Waals surface area (Å²) in [4.78, 5) is 42.5. The molecule has 5 heterocycles. The number of carbonyl (C=O) groups is 1. The third-order valence-electron chi connectivity index (χ3n) is 16.9. The number of benzene rings is 5. The molecule has 39 heteroatoms. The van der Waals surface area contributed by atoms with Gasteiger partial charge in [-0.2, -0.15) is 65.9 Å². The Morgan fingerprint density at radius 1 is 0.398 bits per heavy atom. The smallest absolute Gasteiger partial charge is 0.457 e. The van der Waals surface area contributed by atoms with Crippen LogP contribution >= 0.6 is 0 Å². The molecule has 8 aromatic rings. The van der Waals surface area contributed by atoms with Crippen LogP contribution in [0.3, 0.4) is 0 Å². The third-order valence-corrected chi connectivity index (χ3v) is 16.9. The molecule has 5 aromatic carbocycles. The molecule has 11 nitrogen and oxygen atoms in total. The van der Waals surface area contributed by atoms with Crippen molar-refractivity contribution in [2.75, 3.05) is 6.54 Å². The van der Waals surface area contributed by atoms with E-state index >= 15 is 52.7 Å². The van der Waals surface area contributed by atoms with Crippen molar-refractivity contribution in [3.63, 3.8) is 0 Å². The Balaban J connectivity index is 0.0000123. The van der Waals surface area contributed by atoms with Crippen LogP contribution in [0, 0.1) is 34.9 Å². The number of aromatic nitrogens is 8. The van der Waals surface area contributed by atoms with E-state index in [0.29, 0.717) is 6.42 Å². The van der Waals surface area contributed by atoms with Crippen LogP contribution in [0.25, 0.3) is 89.7 Å². The normalized spacial score (nSPS) is 15.2. The first kappa shape index (κ1) is 78.6. The molecular formula is C64H44F27N9O2Zn. The summed E-state index contributed by atoms with van der Waals surface area (Å²) >= 11 is 0. The number of unbranched alkanes of at least 4 members (excludes halogenated alkanes) is 4. The maximum absolute atomic E-state index is 17.8. The summed E-state index contributed by atoms with van der Waals surface area (Å²) in [6, 6.07) is 7.55. The van der Waals surface area contributed by atoms with Gasteiger partial charge in [-0.3, -0.25) is 4.79 Å². The molecule has 0 fully saturated rings. The summed E-state index contributed by atoms with van der Waals surface area (Å²) in [5.41, 5.74) is -64.8. The maximum Gasteiger partial charge on any atom is 2.00 e. The number of carbonyl (C=O) groups excluding carboxylic acids is 1. The van der Waals surface area contributed by atoms with Gasteiger partial charge in [0.1, 0.15) is 57.7 Å². The minimum Gasteiger partial charge on any atom is -0.457 e. The molecule has 3 aromatic heterocycles. The first-order chi connectivity index (χ1) is 46.6. The first-order valence-electron chi connectivity index (χ1n) is 29.7. The topological polar surface area (TPSA) is 144 Å². The van der Waals surface area contributed by atoms with E-state index in [9.17, 15) is 70.7 Å². The molecule has 0 radical (unpaired) electrons. The Bertz CT molecular complexity index is 4930. The van der Waals surface area contributed by atoms with Crippen molar-refractivity contribution in [1.82, 2.24) is 45.2 Å². The predicted octanol–water partition coefficient (Wildman–Crippen LogP) is 20.4. The van der Waals surface area contributed by atoms with Crippen molar-refractivity contribution < 1.29 is 148 Å². The zero-order valence-corrected chi connectivity index (χ0v) is 56.6. The molecule has 548 valence electrons. The predicted molar refractivity (Wildman–Crippen MR) is 308 cm³/mol. The average Bonchev–Trinajstić information content (AvgIpc) is 1.43. The number of nitrogens with one attached hydrogen (secondary N) is 1. The first-order valence-corrected chi connectivity index (χ1v) is 29.7. The summed E-state index contributed by atoms with van der Waals surface area (Å²) in [5, 5.41) is -3.46. The Kier molecular flexibility index (Phi) is 19.6. The van der Waals surface area contributed by atoms with Crippen LogP contribution in [0.1, 0.15) is 131 Å². The number of rotatable bonds is 15. The number of fused-ring (bicyclic) bond motifs is 20. The summed E-state index contributed by atoms with van der Waals surface area (Å²) in [5.74, 6) is -26.9.